The smallest absolute Gasteiger partial charge is 0.328 e. The molecular weight excluding hydrogens is 472 g/mol. The second kappa shape index (κ2) is 11.7. The van der Waals surface area contributed by atoms with Gasteiger partial charge in [-0.25, -0.2) is 4.79 Å². The first kappa shape index (κ1) is 25.8. The molecule has 3 aromatic carbocycles. The molecule has 2 fully saturated rings. The van der Waals surface area contributed by atoms with Crippen molar-refractivity contribution in [2.45, 2.75) is 51.4 Å². The first-order chi connectivity index (χ1) is 18.5. The van der Waals surface area contributed by atoms with Crippen LogP contribution in [0.2, 0.25) is 0 Å². The summed E-state index contributed by atoms with van der Waals surface area (Å²) in [5, 5.41) is 12.1. The number of carbonyl (C=O) groups excluding carboxylic acids is 1. The quantitative estimate of drug-likeness (QED) is 0.316. The molecule has 1 aliphatic heterocycles. The topological polar surface area (TPSA) is 69.6 Å². The molecule has 2 aliphatic rings. The molecule has 38 heavy (non-hydrogen) atoms. The molecule has 0 radical (unpaired) electrons. The number of carboxylic acids is 1. The number of anilines is 2. The predicted molar refractivity (Wildman–Crippen MR) is 154 cm³/mol. The first-order valence-electron chi connectivity index (χ1n) is 13.8. The molecule has 2 N–H and O–H groups in total. The van der Waals surface area contributed by atoms with Gasteiger partial charge in [0.05, 0.1) is 5.41 Å². The lowest BCUT2D eigenvalue weighted by atomic mass is 9.69. The molecule has 0 spiro atoms. The number of rotatable bonds is 8. The third-order valence-corrected chi connectivity index (χ3v) is 8.02. The minimum atomic E-state index is -0.995. The monoisotopic (exact) mass is 508 g/mol. The number of carbonyl (C=O) groups is 2. The number of benzene rings is 3. The largest absolute Gasteiger partial charge is 0.478 e. The van der Waals surface area contributed by atoms with E-state index in [9.17, 15) is 9.59 Å². The van der Waals surface area contributed by atoms with Crippen molar-refractivity contribution in [3.05, 3.63) is 90.0 Å². The fraction of sp³-hybridized carbons (Fsp3) is 0.333. The zero-order valence-electron chi connectivity index (χ0n) is 21.9. The second-order valence-electron chi connectivity index (χ2n) is 10.7. The zero-order chi connectivity index (χ0) is 26.4. The lowest BCUT2D eigenvalue weighted by Gasteiger charge is -2.36. The van der Waals surface area contributed by atoms with Gasteiger partial charge in [0.15, 0.2) is 0 Å². The summed E-state index contributed by atoms with van der Waals surface area (Å²) in [5.74, 6) is -0.941. The molecule has 1 saturated carbocycles. The summed E-state index contributed by atoms with van der Waals surface area (Å²) >= 11 is 0. The Morgan fingerprint density at radius 1 is 0.842 bits per heavy atom. The van der Waals surface area contributed by atoms with E-state index in [0.29, 0.717) is 12.1 Å². The van der Waals surface area contributed by atoms with Gasteiger partial charge in [0.25, 0.3) is 0 Å². The summed E-state index contributed by atoms with van der Waals surface area (Å²) in [6.45, 7) is 2.30. The van der Waals surface area contributed by atoms with Crippen molar-refractivity contribution in [2.75, 3.05) is 23.3 Å². The molecule has 1 aliphatic carbocycles. The Hall–Kier alpha value is -3.86. The number of hydrogen-bond acceptors (Lipinski definition) is 3. The standard InChI is InChI=1S/C33H36N2O3/c36-31(37)18-11-25-7-6-8-29(23-25)34-32(38)33(19-2-1-3-20-33)24-26-9-12-27(13-10-26)28-14-16-30(17-15-28)35-21-4-5-22-35/h6-18,23H,1-5,19-22,24H2,(H,34,38)(H,36,37)/b18-11+. The van der Waals surface area contributed by atoms with E-state index in [1.54, 1.807) is 0 Å². The summed E-state index contributed by atoms with van der Waals surface area (Å²) in [5.41, 5.74) is 5.88. The van der Waals surface area contributed by atoms with Crippen LogP contribution in [0.15, 0.2) is 78.9 Å². The number of amides is 1. The van der Waals surface area contributed by atoms with Crippen molar-refractivity contribution in [3.63, 3.8) is 0 Å². The highest BCUT2D eigenvalue weighted by molar-refractivity contribution is 5.96. The van der Waals surface area contributed by atoms with Crippen LogP contribution in [0.4, 0.5) is 11.4 Å². The Morgan fingerprint density at radius 2 is 1.50 bits per heavy atom. The molecule has 196 valence electrons. The molecule has 0 atom stereocenters. The summed E-state index contributed by atoms with van der Waals surface area (Å²) < 4.78 is 0. The molecule has 1 saturated heterocycles. The van der Waals surface area contributed by atoms with Gasteiger partial charge in [0.2, 0.25) is 5.91 Å². The van der Waals surface area contributed by atoms with Crippen LogP contribution in [-0.2, 0) is 16.0 Å². The fourth-order valence-corrected chi connectivity index (χ4v) is 5.91. The summed E-state index contributed by atoms with van der Waals surface area (Å²) in [6, 6.07) is 24.9. The number of hydrogen-bond donors (Lipinski definition) is 2. The Kier molecular flexibility index (Phi) is 7.92. The molecule has 5 nitrogen and oxygen atoms in total. The van der Waals surface area contributed by atoms with E-state index >= 15 is 0 Å². The van der Waals surface area contributed by atoms with Crippen molar-refractivity contribution >= 4 is 29.3 Å². The van der Waals surface area contributed by atoms with Crippen LogP contribution in [0.5, 0.6) is 0 Å². The van der Waals surface area contributed by atoms with E-state index in [-0.39, 0.29) is 5.91 Å². The maximum atomic E-state index is 13.7. The van der Waals surface area contributed by atoms with E-state index in [1.807, 2.05) is 24.3 Å². The van der Waals surface area contributed by atoms with Crippen molar-refractivity contribution in [3.8, 4) is 11.1 Å². The second-order valence-corrected chi connectivity index (χ2v) is 10.7. The predicted octanol–water partition coefficient (Wildman–Crippen LogP) is 7.18. The highest BCUT2D eigenvalue weighted by Gasteiger charge is 2.39. The highest BCUT2D eigenvalue weighted by atomic mass is 16.4. The zero-order valence-corrected chi connectivity index (χ0v) is 21.9. The Balaban J connectivity index is 1.29. The third-order valence-electron chi connectivity index (χ3n) is 8.02. The highest BCUT2D eigenvalue weighted by Crippen LogP contribution is 2.41. The van der Waals surface area contributed by atoms with E-state index in [1.165, 1.54) is 41.3 Å². The molecule has 1 amide bonds. The van der Waals surface area contributed by atoms with Crippen molar-refractivity contribution in [2.24, 2.45) is 5.41 Å². The van der Waals surface area contributed by atoms with E-state index in [4.69, 9.17) is 5.11 Å². The number of nitrogens with one attached hydrogen (secondary N) is 1. The van der Waals surface area contributed by atoms with Crippen molar-refractivity contribution < 1.29 is 14.7 Å². The van der Waals surface area contributed by atoms with Crippen LogP contribution in [0.25, 0.3) is 17.2 Å². The molecular formula is C33H36N2O3. The average molecular weight is 509 g/mol. The molecule has 0 bridgehead atoms. The maximum Gasteiger partial charge on any atom is 0.328 e. The van der Waals surface area contributed by atoms with Crippen LogP contribution in [0, 0.1) is 5.41 Å². The Labute approximate surface area is 225 Å². The normalized spacial score (nSPS) is 17.0. The molecule has 5 rings (SSSR count). The van der Waals surface area contributed by atoms with Crippen LogP contribution in [0.1, 0.15) is 56.1 Å². The van der Waals surface area contributed by atoms with E-state index < -0.39 is 11.4 Å². The van der Waals surface area contributed by atoms with Crippen LogP contribution in [-0.4, -0.2) is 30.1 Å². The minimum absolute atomic E-state index is 0.0538. The minimum Gasteiger partial charge on any atom is -0.478 e. The van der Waals surface area contributed by atoms with Crippen LogP contribution >= 0.6 is 0 Å². The van der Waals surface area contributed by atoms with Gasteiger partial charge in [-0.05, 0) is 84.7 Å². The number of aliphatic carboxylic acids is 1. The van der Waals surface area contributed by atoms with Crippen molar-refractivity contribution in [1.82, 2.24) is 0 Å². The van der Waals surface area contributed by atoms with Gasteiger partial charge in [-0.1, -0.05) is 67.8 Å². The average Bonchev–Trinajstić information content (AvgIpc) is 3.48. The van der Waals surface area contributed by atoms with Crippen LogP contribution in [0.3, 0.4) is 0 Å². The molecule has 3 aromatic rings. The Bertz CT molecular complexity index is 1280. The summed E-state index contributed by atoms with van der Waals surface area (Å²) in [7, 11) is 0. The van der Waals surface area contributed by atoms with Gasteiger partial charge in [-0.2, -0.15) is 0 Å². The van der Waals surface area contributed by atoms with Gasteiger partial charge in [-0.3, -0.25) is 4.79 Å². The molecule has 1 heterocycles. The lowest BCUT2D eigenvalue weighted by molar-refractivity contribution is -0.131. The van der Waals surface area contributed by atoms with E-state index in [0.717, 1.165) is 56.8 Å². The third kappa shape index (κ3) is 6.16. The van der Waals surface area contributed by atoms with Gasteiger partial charge >= 0.3 is 5.97 Å². The number of nitrogens with zero attached hydrogens (tertiary/aromatic N) is 1. The van der Waals surface area contributed by atoms with Crippen molar-refractivity contribution in [1.29, 1.82) is 0 Å². The summed E-state index contributed by atoms with van der Waals surface area (Å²) in [6.07, 6.45) is 10.9. The maximum absolute atomic E-state index is 13.7. The fourth-order valence-electron chi connectivity index (χ4n) is 5.91. The van der Waals surface area contributed by atoms with E-state index in [2.05, 4.69) is 58.7 Å². The van der Waals surface area contributed by atoms with Gasteiger partial charge in [-0.15, -0.1) is 0 Å². The molecule has 5 heteroatoms. The van der Waals surface area contributed by atoms with Gasteiger partial charge < -0.3 is 15.3 Å². The molecule has 0 aromatic heterocycles. The van der Waals surface area contributed by atoms with Gasteiger partial charge in [0, 0.05) is 30.5 Å². The SMILES string of the molecule is O=C(O)/C=C/c1cccc(NC(=O)C2(Cc3ccc(-c4ccc(N5CCCC5)cc4)cc3)CCCCC2)c1. The van der Waals surface area contributed by atoms with Gasteiger partial charge in [0.1, 0.15) is 0 Å². The number of carboxylic acid groups (broad SMARTS) is 1. The molecule has 0 unspecified atom stereocenters. The Morgan fingerprint density at radius 3 is 2.16 bits per heavy atom. The van der Waals surface area contributed by atoms with Crippen LogP contribution < -0.4 is 10.2 Å². The first-order valence-corrected chi connectivity index (χ1v) is 13.8. The summed E-state index contributed by atoms with van der Waals surface area (Å²) in [4.78, 5) is 27.0. The lowest BCUT2D eigenvalue weighted by Crippen LogP contribution is -2.40.